The maximum absolute atomic E-state index is 6.36. The lowest BCUT2D eigenvalue weighted by Crippen LogP contribution is -2.30. The number of nitrogens with zero attached hydrogens (tertiary/aromatic N) is 1. The van der Waals surface area contributed by atoms with E-state index in [-0.39, 0.29) is 0 Å². The molecule has 0 aliphatic heterocycles. The number of hydrogen-bond donors (Lipinski definition) is 0. The minimum Gasteiger partial charge on any atom is -0.455 e. The van der Waals surface area contributed by atoms with Gasteiger partial charge in [0.15, 0.2) is 6.20 Å². The first kappa shape index (κ1) is 15.2. The van der Waals surface area contributed by atoms with Crippen LogP contribution in [0.5, 0.6) is 0 Å². The van der Waals surface area contributed by atoms with Crippen LogP contribution in [-0.4, -0.2) is 0 Å². The molecule has 5 rings (SSSR count). The molecule has 0 saturated carbocycles. The second-order valence-corrected chi connectivity index (χ2v) is 7.03. The Kier molecular flexibility index (Phi) is 3.17. The van der Waals surface area contributed by atoms with Crippen LogP contribution in [0.25, 0.3) is 44.0 Å². The molecule has 0 saturated heterocycles. The molecule has 2 heterocycles. The monoisotopic (exact) mass is 338 g/mol. The summed E-state index contributed by atoms with van der Waals surface area (Å²) in [5.74, 6) is 0. The Balaban J connectivity index is 2.03. The number of aryl methyl sites for hydroxylation is 2. The largest absolute Gasteiger partial charge is 0.455 e. The summed E-state index contributed by atoms with van der Waals surface area (Å²) in [5, 5.41) is 4.85. The summed E-state index contributed by atoms with van der Waals surface area (Å²) in [6, 6.07) is 21.3. The van der Waals surface area contributed by atoms with Crippen molar-refractivity contribution in [2.75, 3.05) is 0 Å². The molecule has 2 aromatic heterocycles. The van der Waals surface area contributed by atoms with E-state index in [0.29, 0.717) is 0 Å². The van der Waals surface area contributed by atoms with Crippen molar-refractivity contribution < 1.29 is 8.98 Å². The summed E-state index contributed by atoms with van der Waals surface area (Å²) in [6.45, 7) is 4.38. The fraction of sp³-hybridized carbons (Fsp3) is 0.125. The zero-order valence-corrected chi connectivity index (χ0v) is 15.2. The Morgan fingerprint density at radius 3 is 2.38 bits per heavy atom. The second-order valence-electron chi connectivity index (χ2n) is 7.03. The third-order valence-electron chi connectivity index (χ3n) is 5.47. The molecule has 0 aliphatic rings. The quantitative estimate of drug-likeness (QED) is 0.351. The van der Waals surface area contributed by atoms with Gasteiger partial charge in [0.25, 0.3) is 0 Å². The first-order chi connectivity index (χ1) is 12.6. The van der Waals surface area contributed by atoms with Gasteiger partial charge in [0.05, 0.1) is 10.9 Å². The third kappa shape index (κ3) is 2.02. The van der Waals surface area contributed by atoms with Crippen LogP contribution in [0.2, 0.25) is 0 Å². The van der Waals surface area contributed by atoms with Crippen LogP contribution in [0.1, 0.15) is 11.1 Å². The molecule has 0 bridgehead atoms. The summed E-state index contributed by atoms with van der Waals surface area (Å²) in [4.78, 5) is 0. The van der Waals surface area contributed by atoms with Gasteiger partial charge in [-0.15, -0.1) is 0 Å². The number of pyridine rings is 1. The van der Waals surface area contributed by atoms with E-state index in [2.05, 4.69) is 80.2 Å². The molecule has 0 spiro atoms. The molecule has 3 aromatic carbocycles. The fourth-order valence-electron chi connectivity index (χ4n) is 4.00. The van der Waals surface area contributed by atoms with Gasteiger partial charge in [-0.3, -0.25) is 0 Å². The Hall–Kier alpha value is -3.13. The van der Waals surface area contributed by atoms with Crippen LogP contribution in [-0.2, 0) is 7.05 Å². The molecule has 5 aromatic rings. The van der Waals surface area contributed by atoms with E-state index in [9.17, 15) is 0 Å². The molecule has 0 fully saturated rings. The lowest BCUT2D eigenvalue weighted by Gasteiger charge is -2.11. The molecule has 126 valence electrons. The standard InChI is InChI=1S/C24H20NO/c1-15-14-20-19-10-6-7-11-21(19)26-24(20)22(16(15)2)23-18-9-5-4-8-17(18)12-13-25(23)3/h4-14H,1-3H3/q+1. The second kappa shape index (κ2) is 5.43. The number of para-hydroxylation sites is 1. The summed E-state index contributed by atoms with van der Waals surface area (Å²) in [7, 11) is 2.11. The van der Waals surface area contributed by atoms with Crippen LogP contribution in [0.3, 0.4) is 0 Å². The number of fused-ring (bicyclic) bond motifs is 4. The molecule has 2 heteroatoms. The van der Waals surface area contributed by atoms with E-state index in [0.717, 1.165) is 11.2 Å². The van der Waals surface area contributed by atoms with E-state index in [4.69, 9.17) is 4.42 Å². The maximum atomic E-state index is 6.36. The van der Waals surface area contributed by atoms with E-state index in [1.807, 2.05) is 12.1 Å². The molecule has 0 amide bonds. The van der Waals surface area contributed by atoms with Gasteiger partial charge < -0.3 is 4.42 Å². The highest BCUT2D eigenvalue weighted by Crippen LogP contribution is 2.40. The number of rotatable bonds is 1. The molecule has 0 N–H and O–H groups in total. The Morgan fingerprint density at radius 1 is 0.808 bits per heavy atom. The average molecular weight is 338 g/mol. The molecule has 0 atom stereocenters. The van der Waals surface area contributed by atoms with Crippen LogP contribution in [0.15, 0.2) is 71.3 Å². The number of hydrogen-bond acceptors (Lipinski definition) is 1. The predicted molar refractivity (Wildman–Crippen MR) is 107 cm³/mol. The summed E-state index contributed by atoms with van der Waals surface area (Å²) >= 11 is 0. The normalized spacial score (nSPS) is 11.7. The van der Waals surface area contributed by atoms with Gasteiger partial charge in [-0.2, -0.15) is 0 Å². The van der Waals surface area contributed by atoms with E-state index in [1.165, 1.54) is 43.9 Å². The van der Waals surface area contributed by atoms with Crippen molar-refractivity contribution in [1.82, 2.24) is 0 Å². The molecule has 26 heavy (non-hydrogen) atoms. The Bertz CT molecular complexity index is 1310. The average Bonchev–Trinajstić information content (AvgIpc) is 3.02. The van der Waals surface area contributed by atoms with Gasteiger partial charge in [-0.1, -0.05) is 36.4 Å². The van der Waals surface area contributed by atoms with Crippen molar-refractivity contribution in [3.05, 3.63) is 78.0 Å². The minimum absolute atomic E-state index is 0.941. The Labute approximate surface area is 152 Å². The molecule has 2 nitrogen and oxygen atoms in total. The lowest BCUT2D eigenvalue weighted by molar-refractivity contribution is -0.659. The topological polar surface area (TPSA) is 17.0 Å². The first-order valence-electron chi connectivity index (χ1n) is 8.94. The van der Waals surface area contributed by atoms with Crippen LogP contribution < -0.4 is 4.57 Å². The van der Waals surface area contributed by atoms with Crippen molar-refractivity contribution in [1.29, 1.82) is 0 Å². The highest BCUT2D eigenvalue weighted by molar-refractivity contribution is 6.12. The number of aromatic nitrogens is 1. The summed E-state index contributed by atoms with van der Waals surface area (Å²) in [5.41, 5.74) is 6.86. The Morgan fingerprint density at radius 2 is 1.54 bits per heavy atom. The summed E-state index contributed by atoms with van der Waals surface area (Å²) in [6.07, 6.45) is 2.13. The van der Waals surface area contributed by atoms with E-state index in [1.54, 1.807) is 0 Å². The highest BCUT2D eigenvalue weighted by atomic mass is 16.3. The highest BCUT2D eigenvalue weighted by Gasteiger charge is 2.24. The molecular formula is C24H20NO+. The lowest BCUT2D eigenvalue weighted by atomic mass is 9.94. The van der Waals surface area contributed by atoms with Gasteiger partial charge in [0.2, 0.25) is 5.69 Å². The van der Waals surface area contributed by atoms with Crippen LogP contribution in [0, 0.1) is 13.8 Å². The minimum atomic E-state index is 0.941. The number of furan rings is 1. The van der Waals surface area contributed by atoms with Crippen molar-refractivity contribution >= 4 is 32.7 Å². The van der Waals surface area contributed by atoms with Gasteiger partial charge in [-0.25, -0.2) is 4.57 Å². The molecule has 0 unspecified atom stereocenters. The van der Waals surface area contributed by atoms with E-state index < -0.39 is 0 Å². The third-order valence-corrected chi connectivity index (χ3v) is 5.47. The predicted octanol–water partition coefficient (Wildman–Crippen LogP) is 5.85. The zero-order chi connectivity index (χ0) is 17.8. The number of benzene rings is 3. The van der Waals surface area contributed by atoms with E-state index >= 15 is 0 Å². The van der Waals surface area contributed by atoms with Crippen LogP contribution in [0.4, 0.5) is 0 Å². The van der Waals surface area contributed by atoms with Gasteiger partial charge >= 0.3 is 0 Å². The SMILES string of the molecule is Cc1cc2c(oc3ccccc32)c(-c2c3ccccc3cc[n+]2C)c1C. The maximum Gasteiger partial charge on any atom is 0.224 e. The zero-order valence-electron chi connectivity index (χ0n) is 15.2. The molecule has 0 radical (unpaired) electrons. The van der Waals surface area contributed by atoms with Gasteiger partial charge in [0.1, 0.15) is 18.2 Å². The summed E-state index contributed by atoms with van der Waals surface area (Å²) < 4.78 is 8.57. The van der Waals surface area contributed by atoms with Crippen molar-refractivity contribution in [3.8, 4) is 11.3 Å². The molecular weight excluding hydrogens is 318 g/mol. The van der Waals surface area contributed by atoms with Crippen LogP contribution >= 0.6 is 0 Å². The van der Waals surface area contributed by atoms with Crippen molar-refractivity contribution in [2.24, 2.45) is 7.05 Å². The van der Waals surface area contributed by atoms with Crippen molar-refractivity contribution in [2.45, 2.75) is 13.8 Å². The van der Waals surface area contributed by atoms with Gasteiger partial charge in [-0.05, 0) is 48.6 Å². The van der Waals surface area contributed by atoms with Crippen molar-refractivity contribution in [3.63, 3.8) is 0 Å². The molecule has 0 aliphatic carbocycles. The smallest absolute Gasteiger partial charge is 0.224 e. The fourth-order valence-corrected chi connectivity index (χ4v) is 4.00. The first-order valence-corrected chi connectivity index (χ1v) is 8.94. The van der Waals surface area contributed by atoms with Gasteiger partial charge in [0, 0.05) is 16.8 Å².